The van der Waals surface area contributed by atoms with Crippen molar-refractivity contribution in [2.45, 2.75) is 19.4 Å². The van der Waals surface area contributed by atoms with E-state index < -0.39 is 0 Å². The molecule has 0 aliphatic heterocycles. The number of rotatable bonds is 5. The van der Waals surface area contributed by atoms with Gasteiger partial charge in [-0.1, -0.05) is 0 Å². The largest absolute Gasteiger partial charge is 0.331 e. The Hall–Kier alpha value is -0.720. The monoisotopic (exact) mass is 345 g/mol. The zero-order chi connectivity index (χ0) is 14.0. The summed E-state index contributed by atoms with van der Waals surface area (Å²) in [4.78, 5) is 5.27. The zero-order valence-electron chi connectivity index (χ0n) is 11.0. The van der Waals surface area contributed by atoms with Gasteiger partial charge in [0.05, 0.1) is 15.5 Å². The highest BCUT2D eigenvalue weighted by molar-refractivity contribution is 9.10. The molecular weight excluding hydrogens is 329 g/mol. The molecule has 0 saturated heterocycles. The molecule has 2 rings (SSSR count). The van der Waals surface area contributed by atoms with Crippen LogP contribution in [-0.2, 0) is 6.54 Å². The van der Waals surface area contributed by atoms with Gasteiger partial charge < -0.3 is 14.5 Å². The van der Waals surface area contributed by atoms with Crippen LogP contribution in [0.2, 0.25) is 0 Å². The van der Waals surface area contributed by atoms with Crippen LogP contribution in [0.3, 0.4) is 0 Å². The second-order valence-electron chi connectivity index (χ2n) is 4.88. The van der Waals surface area contributed by atoms with Crippen LogP contribution in [0.5, 0.6) is 0 Å². The second-order valence-corrected chi connectivity index (χ2v) is 6.12. The van der Waals surface area contributed by atoms with E-state index in [0.29, 0.717) is 9.24 Å². The van der Waals surface area contributed by atoms with Gasteiger partial charge in [-0.25, -0.2) is 4.39 Å². The molecule has 0 saturated carbocycles. The van der Waals surface area contributed by atoms with E-state index in [0.717, 1.165) is 37.0 Å². The van der Waals surface area contributed by atoms with E-state index in [1.807, 2.05) is 4.57 Å². The molecule has 19 heavy (non-hydrogen) atoms. The number of hydrogen-bond donors (Lipinski definition) is 1. The molecule has 2 aromatic rings. The summed E-state index contributed by atoms with van der Waals surface area (Å²) in [5.41, 5.74) is 1.70. The van der Waals surface area contributed by atoms with Crippen molar-refractivity contribution in [3.8, 4) is 0 Å². The van der Waals surface area contributed by atoms with Crippen LogP contribution < -0.4 is 0 Å². The predicted octanol–water partition coefficient (Wildman–Crippen LogP) is 3.94. The Morgan fingerprint density at radius 3 is 2.79 bits per heavy atom. The van der Waals surface area contributed by atoms with E-state index >= 15 is 0 Å². The van der Waals surface area contributed by atoms with Crippen molar-refractivity contribution >= 4 is 39.2 Å². The fourth-order valence-electron chi connectivity index (χ4n) is 2.07. The number of nitrogens with one attached hydrogen (secondary N) is 1. The number of unbranched alkanes of at least 4 members (excludes halogenated alkanes) is 1. The Morgan fingerprint density at radius 1 is 1.37 bits per heavy atom. The highest BCUT2D eigenvalue weighted by Crippen LogP contribution is 2.23. The van der Waals surface area contributed by atoms with Crippen molar-refractivity contribution < 1.29 is 4.39 Å². The molecule has 1 aromatic carbocycles. The molecule has 0 unspecified atom stereocenters. The van der Waals surface area contributed by atoms with Gasteiger partial charge in [0.1, 0.15) is 5.82 Å². The van der Waals surface area contributed by atoms with Gasteiger partial charge in [0, 0.05) is 12.6 Å². The maximum Gasteiger partial charge on any atom is 0.178 e. The molecule has 3 nitrogen and oxygen atoms in total. The molecule has 0 aliphatic carbocycles. The number of aryl methyl sites for hydroxylation is 1. The van der Waals surface area contributed by atoms with Crippen molar-refractivity contribution in [2.75, 3.05) is 20.6 Å². The Bertz CT molecular complexity index is 633. The Balaban J connectivity index is 2.20. The quantitative estimate of drug-likeness (QED) is 0.655. The topological polar surface area (TPSA) is 24.0 Å². The molecule has 0 amide bonds. The third-order valence-electron chi connectivity index (χ3n) is 3.05. The maximum atomic E-state index is 13.6. The average Bonchev–Trinajstić information content (AvgIpc) is 2.61. The lowest BCUT2D eigenvalue weighted by Crippen LogP contribution is -2.13. The molecule has 6 heteroatoms. The summed E-state index contributed by atoms with van der Waals surface area (Å²) in [6.07, 6.45) is 2.12. The normalized spacial score (nSPS) is 11.6. The van der Waals surface area contributed by atoms with Crippen molar-refractivity contribution in [1.82, 2.24) is 14.5 Å². The summed E-state index contributed by atoms with van der Waals surface area (Å²) in [5.74, 6) is -0.261. The summed E-state index contributed by atoms with van der Waals surface area (Å²) in [6.45, 7) is 1.86. The number of halogens is 2. The molecule has 0 aliphatic rings. The van der Waals surface area contributed by atoms with Gasteiger partial charge in [0.2, 0.25) is 0 Å². The number of hydrogen-bond acceptors (Lipinski definition) is 2. The van der Waals surface area contributed by atoms with Crippen molar-refractivity contribution in [3.05, 3.63) is 27.2 Å². The van der Waals surface area contributed by atoms with Gasteiger partial charge in [-0.15, -0.1) is 0 Å². The Kier molecular flexibility index (Phi) is 4.76. The molecular formula is C13H17BrFN3S. The summed E-state index contributed by atoms with van der Waals surface area (Å²) in [6, 6.07) is 3.26. The lowest BCUT2D eigenvalue weighted by atomic mass is 10.2. The number of benzene rings is 1. The number of nitrogens with zero attached hydrogens (tertiary/aromatic N) is 2. The van der Waals surface area contributed by atoms with Crippen LogP contribution >= 0.6 is 28.1 Å². The summed E-state index contributed by atoms with van der Waals surface area (Å²) in [7, 11) is 4.12. The second kappa shape index (κ2) is 6.15. The highest BCUT2D eigenvalue weighted by atomic mass is 79.9. The maximum absolute atomic E-state index is 13.6. The van der Waals surface area contributed by atoms with E-state index in [4.69, 9.17) is 12.2 Å². The van der Waals surface area contributed by atoms with Gasteiger partial charge in [0.15, 0.2) is 4.77 Å². The number of H-pyrrole nitrogens is 1. The first kappa shape index (κ1) is 14.7. The standard InChI is InChI=1S/C13H17BrFN3S/c1-17(2)5-3-4-6-18-12-8-10(15)9(14)7-11(12)16-13(18)19/h7-8H,3-6H2,1-2H3,(H,16,19). The molecule has 1 aromatic heterocycles. The molecule has 0 bridgehead atoms. The third-order valence-corrected chi connectivity index (χ3v) is 3.98. The molecule has 1 N–H and O–H groups in total. The lowest BCUT2D eigenvalue weighted by molar-refractivity contribution is 0.388. The Morgan fingerprint density at radius 2 is 2.11 bits per heavy atom. The zero-order valence-corrected chi connectivity index (χ0v) is 13.4. The van der Waals surface area contributed by atoms with Crippen molar-refractivity contribution in [3.63, 3.8) is 0 Å². The minimum absolute atomic E-state index is 0.261. The van der Waals surface area contributed by atoms with Crippen LogP contribution in [0.1, 0.15) is 12.8 Å². The van der Waals surface area contributed by atoms with Gasteiger partial charge >= 0.3 is 0 Å². The van der Waals surface area contributed by atoms with E-state index in [9.17, 15) is 4.39 Å². The minimum atomic E-state index is -0.261. The van der Waals surface area contributed by atoms with Gasteiger partial charge in [-0.2, -0.15) is 0 Å². The minimum Gasteiger partial charge on any atom is -0.331 e. The van der Waals surface area contributed by atoms with Crippen LogP contribution in [0.15, 0.2) is 16.6 Å². The van der Waals surface area contributed by atoms with Crippen LogP contribution in [0, 0.1) is 10.6 Å². The van der Waals surface area contributed by atoms with Crippen LogP contribution in [0.25, 0.3) is 11.0 Å². The van der Waals surface area contributed by atoms with Gasteiger partial charge in [-0.3, -0.25) is 0 Å². The molecule has 0 spiro atoms. The fourth-order valence-corrected chi connectivity index (χ4v) is 2.71. The summed E-state index contributed by atoms with van der Waals surface area (Å²) in [5, 5.41) is 0. The number of imidazole rings is 1. The van der Waals surface area contributed by atoms with Gasteiger partial charge in [0.25, 0.3) is 0 Å². The average molecular weight is 346 g/mol. The van der Waals surface area contributed by atoms with Crippen LogP contribution in [0.4, 0.5) is 4.39 Å². The lowest BCUT2D eigenvalue weighted by Gasteiger charge is -2.09. The van der Waals surface area contributed by atoms with E-state index in [1.54, 1.807) is 6.07 Å². The smallest absolute Gasteiger partial charge is 0.178 e. The first-order valence-corrected chi connectivity index (χ1v) is 7.41. The third kappa shape index (κ3) is 3.43. The van der Waals surface area contributed by atoms with E-state index in [-0.39, 0.29) is 5.82 Å². The molecule has 1 heterocycles. The number of aromatic nitrogens is 2. The van der Waals surface area contributed by atoms with Crippen molar-refractivity contribution in [1.29, 1.82) is 0 Å². The van der Waals surface area contributed by atoms with Gasteiger partial charge in [-0.05, 0) is 67.7 Å². The SMILES string of the molecule is CN(C)CCCCn1c(=S)[nH]c2cc(Br)c(F)cc21. The molecule has 0 radical (unpaired) electrons. The number of fused-ring (bicyclic) bond motifs is 1. The highest BCUT2D eigenvalue weighted by Gasteiger charge is 2.08. The predicted molar refractivity (Wildman–Crippen MR) is 82.6 cm³/mol. The Labute approximate surface area is 125 Å². The molecule has 104 valence electrons. The van der Waals surface area contributed by atoms with E-state index in [1.165, 1.54) is 6.07 Å². The van der Waals surface area contributed by atoms with Crippen LogP contribution in [-0.4, -0.2) is 35.1 Å². The number of aromatic amines is 1. The summed E-state index contributed by atoms with van der Waals surface area (Å²) < 4.78 is 16.7. The molecule has 0 fully saturated rings. The first-order chi connectivity index (χ1) is 8.99. The fraction of sp³-hybridized carbons (Fsp3) is 0.462. The molecule has 0 atom stereocenters. The van der Waals surface area contributed by atoms with Crippen molar-refractivity contribution in [2.24, 2.45) is 0 Å². The first-order valence-electron chi connectivity index (χ1n) is 6.21. The summed E-state index contributed by atoms with van der Waals surface area (Å²) >= 11 is 8.49. The van der Waals surface area contributed by atoms with E-state index in [2.05, 4.69) is 39.9 Å².